The van der Waals surface area contributed by atoms with Gasteiger partial charge in [-0.2, -0.15) is 4.31 Å². The molecular formula is C25H25NO7S. The van der Waals surface area contributed by atoms with Gasteiger partial charge in [0, 0.05) is 18.7 Å². The number of morpholine rings is 1. The normalized spacial score (nSPS) is 14.4. The lowest BCUT2D eigenvalue weighted by Gasteiger charge is -2.26. The second kappa shape index (κ2) is 10.7. The Morgan fingerprint density at radius 2 is 1.65 bits per heavy atom. The first-order valence-corrected chi connectivity index (χ1v) is 12.2. The summed E-state index contributed by atoms with van der Waals surface area (Å²) >= 11 is 0. The van der Waals surface area contributed by atoms with Crippen LogP contribution in [0.15, 0.2) is 77.7 Å². The summed E-state index contributed by atoms with van der Waals surface area (Å²) in [5, 5.41) is 0. The molecule has 1 heterocycles. The molecule has 8 nitrogen and oxygen atoms in total. The molecule has 0 aliphatic carbocycles. The summed E-state index contributed by atoms with van der Waals surface area (Å²) in [5.41, 5.74) is 0.781. The second-order valence-electron chi connectivity index (χ2n) is 7.48. The average Bonchev–Trinajstić information content (AvgIpc) is 2.88. The molecule has 0 unspecified atom stereocenters. The number of rotatable bonds is 8. The maximum absolute atomic E-state index is 13.2. The van der Waals surface area contributed by atoms with Gasteiger partial charge in [0.1, 0.15) is 28.8 Å². The number of para-hydroxylation sites is 2. The second-order valence-corrected chi connectivity index (χ2v) is 9.39. The zero-order valence-electron chi connectivity index (χ0n) is 18.7. The fourth-order valence-corrected chi connectivity index (χ4v) is 5.09. The first-order valence-electron chi connectivity index (χ1n) is 10.7. The van der Waals surface area contributed by atoms with Crippen LogP contribution in [0, 0.1) is 0 Å². The van der Waals surface area contributed by atoms with Crippen molar-refractivity contribution in [2.24, 2.45) is 0 Å². The molecule has 1 aliphatic heterocycles. The Bertz CT molecular complexity index is 1240. The van der Waals surface area contributed by atoms with Crippen LogP contribution in [0.2, 0.25) is 0 Å². The Morgan fingerprint density at radius 3 is 2.38 bits per heavy atom. The van der Waals surface area contributed by atoms with Crippen molar-refractivity contribution in [3.8, 4) is 17.2 Å². The summed E-state index contributed by atoms with van der Waals surface area (Å²) < 4.78 is 49.5. The third kappa shape index (κ3) is 5.39. The fraction of sp³-hybridized carbons (Fsp3) is 0.240. The molecule has 1 fully saturated rings. The van der Waals surface area contributed by atoms with Crippen molar-refractivity contribution < 1.29 is 32.2 Å². The van der Waals surface area contributed by atoms with Gasteiger partial charge >= 0.3 is 5.97 Å². The molecule has 0 saturated carbocycles. The van der Waals surface area contributed by atoms with Gasteiger partial charge in [0.15, 0.2) is 0 Å². The zero-order valence-corrected chi connectivity index (χ0v) is 19.5. The summed E-state index contributed by atoms with van der Waals surface area (Å²) in [6.07, 6.45) is 0. The third-order valence-corrected chi connectivity index (χ3v) is 7.21. The topological polar surface area (TPSA) is 91.4 Å². The summed E-state index contributed by atoms with van der Waals surface area (Å²) in [6.45, 7) is 1.05. The highest BCUT2D eigenvalue weighted by Gasteiger charge is 2.30. The van der Waals surface area contributed by atoms with Crippen LogP contribution >= 0.6 is 0 Å². The van der Waals surface area contributed by atoms with E-state index in [4.69, 9.17) is 18.9 Å². The van der Waals surface area contributed by atoms with Crippen LogP contribution in [0.25, 0.3) is 0 Å². The lowest BCUT2D eigenvalue weighted by atomic mass is 10.2. The van der Waals surface area contributed by atoms with E-state index in [1.165, 1.54) is 29.6 Å². The fourth-order valence-electron chi connectivity index (χ4n) is 3.50. The summed E-state index contributed by atoms with van der Waals surface area (Å²) in [4.78, 5) is 12.7. The number of hydrogen-bond acceptors (Lipinski definition) is 7. The molecule has 3 aromatic rings. The van der Waals surface area contributed by atoms with Gasteiger partial charge in [0.25, 0.3) is 0 Å². The smallest absolute Gasteiger partial charge is 0.338 e. The van der Waals surface area contributed by atoms with Gasteiger partial charge in [-0.25, -0.2) is 13.2 Å². The molecule has 0 N–H and O–H groups in total. The standard InChI is InChI=1S/C25H25NO7S/c1-30-23-12-11-19(17-24(23)34(28,29)26-13-15-31-16-14-26)25(27)32-18-20-7-5-6-10-22(20)33-21-8-3-2-4-9-21/h2-12,17H,13-16,18H2,1H3. The Balaban J connectivity index is 1.52. The molecule has 1 saturated heterocycles. The summed E-state index contributed by atoms with van der Waals surface area (Å²) in [6, 6.07) is 20.7. The van der Waals surface area contributed by atoms with Gasteiger partial charge in [-0.3, -0.25) is 0 Å². The minimum Gasteiger partial charge on any atom is -0.495 e. The maximum Gasteiger partial charge on any atom is 0.338 e. The van der Waals surface area contributed by atoms with Gasteiger partial charge in [-0.1, -0.05) is 36.4 Å². The molecule has 0 radical (unpaired) electrons. The van der Waals surface area contributed by atoms with E-state index in [1.54, 1.807) is 12.1 Å². The highest BCUT2D eigenvalue weighted by atomic mass is 32.2. The van der Waals surface area contributed by atoms with Crippen molar-refractivity contribution in [1.82, 2.24) is 4.31 Å². The van der Waals surface area contributed by atoms with Gasteiger partial charge in [-0.05, 0) is 36.4 Å². The summed E-state index contributed by atoms with van der Waals surface area (Å²) in [7, 11) is -2.48. The van der Waals surface area contributed by atoms with E-state index < -0.39 is 16.0 Å². The molecular weight excluding hydrogens is 458 g/mol. The van der Waals surface area contributed by atoms with Gasteiger partial charge in [0.2, 0.25) is 10.0 Å². The van der Waals surface area contributed by atoms with E-state index >= 15 is 0 Å². The summed E-state index contributed by atoms with van der Waals surface area (Å²) in [5.74, 6) is 0.724. The molecule has 0 spiro atoms. The number of methoxy groups -OCH3 is 1. The van der Waals surface area contributed by atoms with Crippen molar-refractivity contribution in [2.75, 3.05) is 33.4 Å². The van der Waals surface area contributed by atoms with Crippen molar-refractivity contribution in [3.05, 3.63) is 83.9 Å². The Kier molecular flexibility index (Phi) is 7.46. The highest BCUT2D eigenvalue weighted by molar-refractivity contribution is 7.89. The third-order valence-electron chi connectivity index (χ3n) is 5.29. The number of esters is 1. The van der Waals surface area contributed by atoms with E-state index in [1.807, 2.05) is 42.5 Å². The van der Waals surface area contributed by atoms with Crippen molar-refractivity contribution in [2.45, 2.75) is 11.5 Å². The minimum atomic E-state index is -3.87. The first kappa shape index (κ1) is 23.7. The zero-order chi connectivity index (χ0) is 24.0. The Hall–Kier alpha value is -3.40. The van der Waals surface area contributed by atoms with E-state index in [0.717, 1.165) is 0 Å². The SMILES string of the molecule is COc1ccc(C(=O)OCc2ccccc2Oc2ccccc2)cc1S(=O)(=O)N1CCOCC1. The Labute approximate surface area is 198 Å². The van der Waals surface area contributed by atoms with Crippen molar-refractivity contribution in [1.29, 1.82) is 0 Å². The van der Waals surface area contributed by atoms with Crippen LogP contribution < -0.4 is 9.47 Å². The molecule has 0 atom stereocenters. The predicted molar refractivity (Wildman–Crippen MR) is 125 cm³/mol. The van der Waals surface area contributed by atoms with Crippen LogP contribution in [0.4, 0.5) is 0 Å². The van der Waals surface area contributed by atoms with Gasteiger partial charge in [-0.15, -0.1) is 0 Å². The molecule has 0 amide bonds. The van der Waals surface area contributed by atoms with Crippen LogP contribution in [-0.4, -0.2) is 52.1 Å². The molecule has 3 aromatic carbocycles. The van der Waals surface area contributed by atoms with Crippen molar-refractivity contribution in [3.63, 3.8) is 0 Å². The number of sulfonamides is 1. The molecule has 0 bridgehead atoms. The number of carbonyl (C=O) groups is 1. The number of carbonyl (C=O) groups excluding carboxylic acids is 1. The minimum absolute atomic E-state index is 0.0422. The molecule has 4 rings (SSSR count). The van der Waals surface area contributed by atoms with E-state index in [2.05, 4.69) is 0 Å². The largest absolute Gasteiger partial charge is 0.495 e. The predicted octanol–water partition coefficient (Wildman–Crippen LogP) is 3.87. The average molecular weight is 484 g/mol. The monoisotopic (exact) mass is 483 g/mol. The van der Waals surface area contributed by atoms with Gasteiger partial charge < -0.3 is 18.9 Å². The number of ether oxygens (including phenoxy) is 4. The quantitative estimate of drug-likeness (QED) is 0.449. The van der Waals surface area contributed by atoms with Crippen LogP contribution in [-0.2, 0) is 26.1 Å². The molecule has 9 heteroatoms. The molecule has 0 aromatic heterocycles. The number of nitrogens with zero attached hydrogens (tertiary/aromatic N) is 1. The van der Waals surface area contributed by atoms with Crippen LogP contribution in [0.1, 0.15) is 15.9 Å². The van der Waals surface area contributed by atoms with Crippen molar-refractivity contribution >= 4 is 16.0 Å². The van der Waals surface area contributed by atoms with E-state index in [9.17, 15) is 13.2 Å². The maximum atomic E-state index is 13.2. The highest BCUT2D eigenvalue weighted by Crippen LogP contribution is 2.29. The molecule has 1 aliphatic rings. The van der Waals surface area contributed by atoms with Crippen LogP contribution in [0.5, 0.6) is 17.2 Å². The van der Waals surface area contributed by atoms with E-state index in [-0.39, 0.29) is 35.9 Å². The molecule has 34 heavy (non-hydrogen) atoms. The van der Waals surface area contributed by atoms with Gasteiger partial charge in [0.05, 0.1) is 25.9 Å². The number of benzene rings is 3. The van der Waals surface area contributed by atoms with Crippen LogP contribution in [0.3, 0.4) is 0 Å². The molecule has 178 valence electrons. The number of hydrogen-bond donors (Lipinski definition) is 0. The lowest BCUT2D eigenvalue weighted by Crippen LogP contribution is -2.40. The van der Waals surface area contributed by atoms with E-state index in [0.29, 0.717) is 30.3 Å². The Morgan fingerprint density at radius 1 is 0.941 bits per heavy atom. The first-order chi connectivity index (χ1) is 16.5. The lowest BCUT2D eigenvalue weighted by molar-refractivity contribution is 0.0470.